The summed E-state index contributed by atoms with van der Waals surface area (Å²) in [6.07, 6.45) is 44.7. The molecule has 0 bridgehead atoms. The molecule has 1 fully saturated rings. The number of esters is 2. The number of allylic oxidation sites excluding steroid dienone is 12. The predicted octanol–water partition coefficient (Wildman–Crippen LogP) is 10.8. The lowest BCUT2D eigenvalue weighted by atomic mass is 9.99. The Bertz CT molecular complexity index is 1220. The first-order chi connectivity index (χ1) is 29.8. The number of aliphatic hydroxyl groups is 4. The SMILES string of the molecule is CC/C=C/C/C=C/C/C=C/C/C=C/C/C=C/CCCCCC(=O)O[C@H](COC(=O)CCCCCCCCCCC/C=C/CCCCCC)CO[C@@H]1O[C@H](CO)[C@H](O)C(O)C1O. The average Bonchev–Trinajstić information content (AvgIpc) is 3.26. The molecule has 0 aromatic rings. The number of hydrogen-bond acceptors (Lipinski definition) is 10. The van der Waals surface area contributed by atoms with Crippen molar-refractivity contribution in [2.75, 3.05) is 19.8 Å². The summed E-state index contributed by atoms with van der Waals surface area (Å²) in [5, 5.41) is 40.1. The molecule has 0 spiro atoms. The van der Waals surface area contributed by atoms with Crippen molar-refractivity contribution in [2.45, 2.75) is 218 Å². The Balaban J connectivity index is 2.34. The molecule has 61 heavy (non-hydrogen) atoms. The van der Waals surface area contributed by atoms with Gasteiger partial charge in [0.15, 0.2) is 12.4 Å². The molecule has 1 saturated heterocycles. The molecule has 0 aromatic heterocycles. The zero-order chi connectivity index (χ0) is 44.4. The zero-order valence-corrected chi connectivity index (χ0v) is 38.1. The van der Waals surface area contributed by atoms with Gasteiger partial charge in [0.2, 0.25) is 0 Å². The Morgan fingerprint density at radius 3 is 1.49 bits per heavy atom. The van der Waals surface area contributed by atoms with E-state index < -0.39 is 49.4 Å². The van der Waals surface area contributed by atoms with Crippen molar-refractivity contribution in [1.29, 1.82) is 0 Å². The number of aliphatic hydroxyl groups excluding tert-OH is 4. The van der Waals surface area contributed by atoms with Crippen LogP contribution in [-0.2, 0) is 28.5 Å². The third-order valence-corrected chi connectivity index (χ3v) is 10.6. The number of unbranched alkanes of at least 4 members (excludes halogenated alkanes) is 16. The van der Waals surface area contributed by atoms with Gasteiger partial charge in [0.05, 0.1) is 13.2 Å². The van der Waals surface area contributed by atoms with E-state index in [9.17, 15) is 30.0 Å². The van der Waals surface area contributed by atoms with Gasteiger partial charge in [-0.2, -0.15) is 0 Å². The summed E-state index contributed by atoms with van der Waals surface area (Å²) < 4.78 is 22.2. The van der Waals surface area contributed by atoms with E-state index in [-0.39, 0.29) is 32.0 Å². The highest BCUT2D eigenvalue weighted by molar-refractivity contribution is 5.70. The predicted molar refractivity (Wildman–Crippen MR) is 247 cm³/mol. The summed E-state index contributed by atoms with van der Waals surface area (Å²) >= 11 is 0. The minimum atomic E-state index is -1.61. The highest BCUT2D eigenvalue weighted by Crippen LogP contribution is 2.22. The highest BCUT2D eigenvalue weighted by Gasteiger charge is 2.44. The van der Waals surface area contributed by atoms with Crippen LogP contribution in [0.3, 0.4) is 0 Å². The number of carbonyl (C=O) groups excluding carboxylic acids is 2. The van der Waals surface area contributed by atoms with Crippen LogP contribution in [0.25, 0.3) is 0 Å². The number of rotatable bonds is 39. The molecule has 2 unspecified atom stereocenters. The fourth-order valence-electron chi connectivity index (χ4n) is 6.80. The number of hydrogen-bond donors (Lipinski definition) is 4. The van der Waals surface area contributed by atoms with Gasteiger partial charge in [-0.3, -0.25) is 9.59 Å². The van der Waals surface area contributed by atoms with Crippen molar-refractivity contribution in [3.8, 4) is 0 Å². The van der Waals surface area contributed by atoms with E-state index in [2.05, 4.69) is 86.8 Å². The molecule has 0 radical (unpaired) electrons. The van der Waals surface area contributed by atoms with Gasteiger partial charge in [0.1, 0.15) is 31.0 Å². The highest BCUT2D eigenvalue weighted by atomic mass is 16.7. The molecule has 0 amide bonds. The second-order valence-electron chi connectivity index (χ2n) is 16.2. The molecule has 0 aromatic carbocycles. The smallest absolute Gasteiger partial charge is 0.306 e. The molecule has 1 aliphatic heterocycles. The molecule has 350 valence electrons. The van der Waals surface area contributed by atoms with Gasteiger partial charge < -0.3 is 39.4 Å². The lowest BCUT2D eigenvalue weighted by Crippen LogP contribution is -2.59. The Morgan fingerprint density at radius 1 is 0.525 bits per heavy atom. The van der Waals surface area contributed by atoms with E-state index in [1.807, 2.05) is 0 Å². The first kappa shape index (κ1) is 56.2. The first-order valence-electron chi connectivity index (χ1n) is 24.0. The normalized spacial score (nSPS) is 20.4. The van der Waals surface area contributed by atoms with Crippen LogP contribution >= 0.6 is 0 Å². The van der Waals surface area contributed by atoms with E-state index in [0.717, 1.165) is 77.0 Å². The summed E-state index contributed by atoms with van der Waals surface area (Å²) in [5.74, 6) is -0.850. The van der Waals surface area contributed by atoms with Gasteiger partial charge in [-0.25, -0.2) is 0 Å². The molecule has 6 atom stereocenters. The Kier molecular flexibility index (Phi) is 37.9. The number of ether oxygens (including phenoxy) is 4. The summed E-state index contributed by atoms with van der Waals surface area (Å²) in [5.41, 5.74) is 0. The van der Waals surface area contributed by atoms with Gasteiger partial charge in [0, 0.05) is 12.8 Å². The Hall–Kier alpha value is -2.86. The molecule has 1 aliphatic rings. The van der Waals surface area contributed by atoms with Gasteiger partial charge in [-0.1, -0.05) is 157 Å². The van der Waals surface area contributed by atoms with Crippen LogP contribution in [0.4, 0.5) is 0 Å². The van der Waals surface area contributed by atoms with Crippen molar-refractivity contribution in [2.24, 2.45) is 0 Å². The van der Waals surface area contributed by atoms with Crippen molar-refractivity contribution in [3.63, 3.8) is 0 Å². The van der Waals surface area contributed by atoms with Gasteiger partial charge in [-0.15, -0.1) is 0 Å². The van der Waals surface area contributed by atoms with Crippen molar-refractivity contribution in [1.82, 2.24) is 0 Å². The van der Waals surface area contributed by atoms with E-state index in [1.54, 1.807) is 0 Å². The zero-order valence-electron chi connectivity index (χ0n) is 38.1. The van der Waals surface area contributed by atoms with E-state index in [1.165, 1.54) is 70.6 Å². The minimum Gasteiger partial charge on any atom is -0.462 e. The summed E-state index contributed by atoms with van der Waals surface area (Å²) in [7, 11) is 0. The maximum Gasteiger partial charge on any atom is 0.306 e. The summed E-state index contributed by atoms with van der Waals surface area (Å²) in [4.78, 5) is 25.4. The van der Waals surface area contributed by atoms with E-state index in [0.29, 0.717) is 6.42 Å². The topological polar surface area (TPSA) is 152 Å². The molecule has 0 aliphatic carbocycles. The van der Waals surface area contributed by atoms with Crippen LogP contribution in [-0.4, -0.2) is 89.0 Å². The standard InChI is InChI=1S/C51H86O10/c1-3-5-7-9-11-13-15-17-19-21-22-24-26-28-30-32-34-36-38-40-47(54)60-44(43-59-51-50(57)49(56)48(55)45(41-52)61-51)42-58-46(53)39-37-35-33-31-29-27-25-23-20-18-16-14-12-10-8-6-4-2/h5,7,11,13-14,16-17,19,22,24,28,30,44-45,48-52,55-57H,3-4,6,8-10,12,15,18,20-21,23,25-27,29,31-43H2,1-2H3/b7-5+,13-11+,16-14+,19-17+,24-22+,30-28+/t44-,45-,48+,49?,50?,51-/m1/s1. The maximum atomic E-state index is 12.8. The molecule has 4 N–H and O–H groups in total. The number of carbonyl (C=O) groups is 2. The van der Waals surface area contributed by atoms with Crippen molar-refractivity contribution < 1.29 is 49.0 Å². The average molecular weight is 859 g/mol. The lowest BCUT2D eigenvalue weighted by Gasteiger charge is -2.39. The monoisotopic (exact) mass is 859 g/mol. The van der Waals surface area contributed by atoms with Crippen LogP contribution in [0.1, 0.15) is 181 Å². The van der Waals surface area contributed by atoms with Crippen LogP contribution in [0.2, 0.25) is 0 Å². The largest absolute Gasteiger partial charge is 0.462 e. The molecule has 1 rings (SSSR count). The lowest BCUT2D eigenvalue weighted by molar-refractivity contribution is -0.305. The molecular formula is C51H86O10. The summed E-state index contributed by atoms with van der Waals surface area (Å²) in [6.45, 7) is 3.26. The van der Waals surface area contributed by atoms with Gasteiger partial charge in [0.25, 0.3) is 0 Å². The van der Waals surface area contributed by atoms with E-state index >= 15 is 0 Å². The Morgan fingerprint density at radius 2 is 0.967 bits per heavy atom. The van der Waals surface area contributed by atoms with Crippen LogP contribution in [0, 0.1) is 0 Å². The van der Waals surface area contributed by atoms with Crippen LogP contribution in [0.15, 0.2) is 72.9 Å². The molecular weight excluding hydrogens is 773 g/mol. The third-order valence-electron chi connectivity index (χ3n) is 10.6. The van der Waals surface area contributed by atoms with Crippen molar-refractivity contribution in [3.05, 3.63) is 72.9 Å². The Labute approximate surface area is 370 Å². The van der Waals surface area contributed by atoms with Gasteiger partial charge in [-0.05, 0) is 83.5 Å². The van der Waals surface area contributed by atoms with E-state index in [4.69, 9.17) is 18.9 Å². The van der Waals surface area contributed by atoms with Crippen LogP contribution < -0.4 is 0 Å². The molecule has 1 heterocycles. The van der Waals surface area contributed by atoms with Crippen LogP contribution in [0.5, 0.6) is 0 Å². The minimum absolute atomic E-state index is 0.187. The quantitative estimate of drug-likeness (QED) is 0.0267. The van der Waals surface area contributed by atoms with Crippen molar-refractivity contribution >= 4 is 11.9 Å². The fourth-order valence-corrected chi connectivity index (χ4v) is 6.80. The fraction of sp³-hybridized carbons (Fsp3) is 0.725. The second-order valence-corrected chi connectivity index (χ2v) is 16.2. The third kappa shape index (κ3) is 32.5. The first-order valence-corrected chi connectivity index (χ1v) is 24.0. The molecule has 0 saturated carbocycles. The van der Waals surface area contributed by atoms with Gasteiger partial charge >= 0.3 is 11.9 Å². The molecule has 10 heteroatoms. The molecule has 10 nitrogen and oxygen atoms in total. The summed E-state index contributed by atoms with van der Waals surface area (Å²) in [6, 6.07) is 0. The second kappa shape index (κ2) is 41.2. The maximum absolute atomic E-state index is 12.8.